The number of aromatic nitrogens is 3. The van der Waals surface area contributed by atoms with E-state index in [1.165, 1.54) is 29.9 Å². The lowest BCUT2D eigenvalue weighted by atomic mass is 10.3. The Labute approximate surface area is 130 Å². The molecule has 9 heteroatoms. The fraction of sp³-hybridized carbons (Fsp3) is 0.250. The number of hydrogen-bond acceptors (Lipinski definition) is 6. The maximum atomic E-state index is 12.1. The smallest absolute Gasteiger partial charge is 0.237 e. The van der Waals surface area contributed by atoms with Gasteiger partial charge in [-0.05, 0) is 25.1 Å². The molecular formula is C12H14ClN5O2S. The molecule has 7 nitrogen and oxygen atoms in total. The first-order chi connectivity index (χ1) is 10.0. The number of halogens is 1. The van der Waals surface area contributed by atoms with Crippen LogP contribution in [0.15, 0.2) is 29.7 Å². The van der Waals surface area contributed by atoms with Gasteiger partial charge in [0.15, 0.2) is 0 Å². The summed E-state index contributed by atoms with van der Waals surface area (Å²) in [6.07, 6.45) is 1.37. The van der Waals surface area contributed by atoms with Gasteiger partial charge in [-0.3, -0.25) is 4.79 Å². The third-order valence-corrected chi connectivity index (χ3v) is 3.98. The Hall–Kier alpha value is -1.93. The average molecular weight is 328 g/mol. The van der Waals surface area contributed by atoms with Gasteiger partial charge < -0.3 is 15.9 Å². The Morgan fingerprint density at radius 3 is 2.90 bits per heavy atom. The summed E-state index contributed by atoms with van der Waals surface area (Å²) in [5.74, 6) is 5.96. The first-order valence-corrected chi connectivity index (χ1v) is 7.23. The molecule has 3 N–H and O–H groups in total. The highest BCUT2D eigenvalue weighted by molar-refractivity contribution is 8.00. The van der Waals surface area contributed by atoms with Crippen LogP contribution in [0.5, 0.6) is 5.75 Å². The summed E-state index contributed by atoms with van der Waals surface area (Å²) >= 11 is 7.22. The van der Waals surface area contributed by atoms with Gasteiger partial charge in [0.25, 0.3) is 0 Å². The highest BCUT2D eigenvalue weighted by atomic mass is 35.5. The van der Waals surface area contributed by atoms with Crippen molar-refractivity contribution in [3.63, 3.8) is 0 Å². The lowest BCUT2D eigenvalue weighted by molar-refractivity contribution is -0.115. The average Bonchev–Trinajstić information content (AvgIpc) is 2.84. The Morgan fingerprint density at radius 1 is 1.57 bits per heavy atom. The van der Waals surface area contributed by atoms with E-state index < -0.39 is 5.25 Å². The zero-order valence-corrected chi connectivity index (χ0v) is 13.0. The first kappa shape index (κ1) is 15.5. The van der Waals surface area contributed by atoms with Gasteiger partial charge in [0.1, 0.15) is 12.1 Å². The molecule has 1 aromatic heterocycles. The van der Waals surface area contributed by atoms with Crippen molar-refractivity contribution in [1.29, 1.82) is 0 Å². The van der Waals surface area contributed by atoms with Gasteiger partial charge in [-0.1, -0.05) is 23.4 Å². The number of rotatable bonds is 5. The quantitative estimate of drug-likeness (QED) is 0.642. The van der Waals surface area contributed by atoms with E-state index in [9.17, 15) is 4.79 Å². The molecule has 0 aliphatic rings. The number of nitrogen functional groups attached to an aromatic ring is 1. The molecule has 0 aliphatic carbocycles. The van der Waals surface area contributed by atoms with Gasteiger partial charge in [-0.15, -0.1) is 10.2 Å². The zero-order chi connectivity index (χ0) is 15.4. The second-order valence-corrected chi connectivity index (χ2v) is 5.83. The van der Waals surface area contributed by atoms with E-state index in [4.69, 9.17) is 22.2 Å². The number of carbonyl (C=O) groups is 1. The number of hydrogen-bond donors (Lipinski definition) is 2. The van der Waals surface area contributed by atoms with Crippen LogP contribution < -0.4 is 15.9 Å². The van der Waals surface area contributed by atoms with E-state index >= 15 is 0 Å². The second kappa shape index (κ2) is 6.68. The molecule has 1 atom stereocenters. The number of carbonyl (C=O) groups excluding carboxylic acids is 1. The van der Waals surface area contributed by atoms with Crippen LogP contribution in [0.3, 0.4) is 0 Å². The molecule has 1 aromatic carbocycles. The molecule has 0 saturated carbocycles. The normalized spacial score (nSPS) is 12.0. The van der Waals surface area contributed by atoms with Gasteiger partial charge in [0.2, 0.25) is 11.1 Å². The number of thioether (sulfide) groups is 1. The predicted molar refractivity (Wildman–Crippen MR) is 82.1 cm³/mol. The highest BCUT2D eigenvalue weighted by Crippen LogP contribution is 2.28. The molecule has 21 heavy (non-hydrogen) atoms. The van der Waals surface area contributed by atoms with Crippen molar-refractivity contribution < 1.29 is 9.53 Å². The van der Waals surface area contributed by atoms with Crippen molar-refractivity contribution in [3.05, 3.63) is 29.5 Å². The number of benzene rings is 1. The van der Waals surface area contributed by atoms with Crippen LogP contribution in [0.25, 0.3) is 0 Å². The molecule has 0 saturated heterocycles. The Balaban J connectivity index is 2.00. The van der Waals surface area contributed by atoms with Gasteiger partial charge in [-0.25, -0.2) is 4.68 Å². The van der Waals surface area contributed by atoms with E-state index in [-0.39, 0.29) is 5.91 Å². The minimum absolute atomic E-state index is 0.191. The third-order valence-electron chi connectivity index (χ3n) is 2.61. The monoisotopic (exact) mass is 327 g/mol. The van der Waals surface area contributed by atoms with E-state index in [0.717, 1.165) is 0 Å². The summed E-state index contributed by atoms with van der Waals surface area (Å²) in [7, 11) is 1.53. The van der Waals surface area contributed by atoms with Crippen LogP contribution in [0.2, 0.25) is 5.02 Å². The molecule has 0 bridgehead atoms. The molecule has 112 valence electrons. The largest absolute Gasteiger partial charge is 0.495 e. The molecule has 1 unspecified atom stereocenters. The Morgan fingerprint density at radius 2 is 2.33 bits per heavy atom. The summed E-state index contributed by atoms with van der Waals surface area (Å²) in [5.41, 5.74) is 0.590. The summed E-state index contributed by atoms with van der Waals surface area (Å²) in [6, 6.07) is 5.03. The van der Waals surface area contributed by atoms with Gasteiger partial charge in [0, 0.05) is 5.69 Å². The van der Waals surface area contributed by atoms with E-state index in [2.05, 4.69) is 15.5 Å². The maximum absolute atomic E-state index is 12.1. The van der Waals surface area contributed by atoms with E-state index in [0.29, 0.717) is 21.6 Å². The molecule has 0 radical (unpaired) electrons. The fourth-order valence-corrected chi connectivity index (χ4v) is 2.52. The lowest BCUT2D eigenvalue weighted by Gasteiger charge is -2.12. The van der Waals surface area contributed by atoms with Crippen LogP contribution in [-0.4, -0.2) is 33.1 Å². The first-order valence-electron chi connectivity index (χ1n) is 5.97. The van der Waals surface area contributed by atoms with Crippen LogP contribution in [0.4, 0.5) is 5.69 Å². The van der Waals surface area contributed by atoms with Crippen molar-refractivity contribution in [2.45, 2.75) is 17.3 Å². The molecule has 0 fully saturated rings. The topological polar surface area (TPSA) is 95.1 Å². The van der Waals surface area contributed by atoms with Crippen molar-refractivity contribution >= 4 is 35.0 Å². The summed E-state index contributed by atoms with van der Waals surface area (Å²) in [6.45, 7) is 1.75. The van der Waals surface area contributed by atoms with Gasteiger partial charge in [0.05, 0.1) is 17.4 Å². The Kier molecular flexibility index (Phi) is 4.92. The highest BCUT2D eigenvalue weighted by Gasteiger charge is 2.18. The van der Waals surface area contributed by atoms with Crippen LogP contribution in [0, 0.1) is 0 Å². The van der Waals surface area contributed by atoms with Crippen molar-refractivity contribution in [1.82, 2.24) is 14.9 Å². The van der Waals surface area contributed by atoms with Crippen molar-refractivity contribution in [2.75, 3.05) is 18.3 Å². The minimum atomic E-state index is -0.391. The standard InChI is InChI=1S/C12H14ClN5O2S/c1-7(21-12-17-15-6-18(12)14)11(19)16-8-3-4-10(20-2)9(13)5-8/h3-7H,14H2,1-2H3,(H,16,19). The Bertz CT molecular complexity index is 648. The number of nitrogens with zero attached hydrogens (tertiary/aromatic N) is 3. The maximum Gasteiger partial charge on any atom is 0.237 e. The second-order valence-electron chi connectivity index (χ2n) is 4.12. The van der Waals surface area contributed by atoms with Gasteiger partial charge >= 0.3 is 0 Å². The lowest BCUT2D eigenvalue weighted by Crippen LogP contribution is -2.23. The number of nitrogens with two attached hydrogens (primary N) is 1. The summed E-state index contributed by atoms with van der Waals surface area (Å²) in [4.78, 5) is 12.1. The molecule has 1 amide bonds. The minimum Gasteiger partial charge on any atom is -0.495 e. The SMILES string of the molecule is COc1ccc(NC(=O)C(C)Sc2nncn2N)cc1Cl. The molecule has 0 aliphatic heterocycles. The number of nitrogens with one attached hydrogen (secondary N) is 1. The number of methoxy groups -OCH3 is 1. The fourth-order valence-electron chi connectivity index (χ4n) is 1.52. The predicted octanol–water partition coefficient (Wildman–Crippen LogP) is 1.77. The molecule has 2 aromatic rings. The molecule has 2 rings (SSSR count). The van der Waals surface area contributed by atoms with E-state index in [1.54, 1.807) is 25.1 Å². The molecular weight excluding hydrogens is 314 g/mol. The summed E-state index contributed by atoms with van der Waals surface area (Å²) in [5, 5.41) is 10.7. The van der Waals surface area contributed by atoms with Crippen molar-refractivity contribution in [3.8, 4) is 5.75 Å². The van der Waals surface area contributed by atoms with Gasteiger partial charge in [-0.2, -0.15) is 0 Å². The van der Waals surface area contributed by atoms with Crippen LogP contribution in [-0.2, 0) is 4.79 Å². The number of amides is 1. The molecule has 0 spiro atoms. The molecule has 1 heterocycles. The number of ether oxygens (including phenoxy) is 1. The number of anilines is 1. The summed E-state index contributed by atoms with van der Waals surface area (Å²) < 4.78 is 6.32. The van der Waals surface area contributed by atoms with Crippen molar-refractivity contribution in [2.24, 2.45) is 0 Å². The van der Waals surface area contributed by atoms with Crippen LogP contribution >= 0.6 is 23.4 Å². The van der Waals surface area contributed by atoms with Crippen LogP contribution in [0.1, 0.15) is 6.92 Å². The van der Waals surface area contributed by atoms with E-state index in [1.807, 2.05) is 0 Å². The zero-order valence-electron chi connectivity index (χ0n) is 11.4. The third kappa shape index (κ3) is 3.79.